The Morgan fingerprint density at radius 3 is 1.74 bits per heavy atom. The Morgan fingerprint density at radius 2 is 1.26 bits per heavy atom. The Kier molecular flexibility index (Phi) is 23.5. The van der Waals surface area contributed by atoms with Gasteiger partial charge < -0.3 is 35.9 Å². The number of amides is 6. The van der Waals surface area contributed by atoms with Gasteiger partial charge in [0.2, 0.25) is 35.4 Å². The first-order valence-corrected chi connectivity index (χ1v) is 19.6. The number of nitrogens with zero attached hydrogens (tertiary/aromatic N) is 3. The summed E-state index contributed by atoms with van der Waals surface area (Å²) in [5.41, 5.74) is 0. The van der Waals surface area contributed by atoms with Crippen LogP contribution in [0.4, 0.5) is 0 Å². The molecule has 0 saturated heterocycles. The average Bonchev–Trinajstić information content (AvgIpc) is 3.11. The van der Waals surface area contributed by atoms with Crippen LogP contribution in [0.25, 0.3) is 0 Å². The fourth-order valence-electron chi connectivity index (χ4n) is 5.74. The molecule has 14 nitrogen and oxygen atoms in total. The van der Waals surface area contributed by atoms with Gasteiger partial charge in [0.1, 0.15) is 30.5 Å². The zero-order valence-corrected chi connectivity index (χ0v) is 35.5. The first-order valence-electron chi connectivity index (χ1n) is 19.6. The van der Waals surface area contributed by atoms with Crippen molar-refractivity contribution in [3.63, 3.8) is 0 Å². The van der Waals surface area contributed by atoms with Gasteiger partial charge in [-0.25, -0.2) is 0 Å². The molecule has 8 unspecified atom stereocenters. The van der Waals surface area contributed by atoms with Crippen molar-refractivity contribution in [2.75, 3.05) is 34.2 Å². The standard InChI is InChI=1S/C40H73N7O7/c1-15-18-19-47(23-35(49)42-31(20-25(4)5)37(51)44-33(24-48)28(9)17-3)39(53)29(10)41-36(50)32(22-27(8)16-2)43-38(52)34(21-26(6)7)46(14)40(54)30(11)45(12)13/h16,24-34H,2,15,17-23H2,1,3-14H3,(H,41,50)(H,42,49)(H,43,52)(H,44,51). The van der Waals surface area contributed by atoms with E-state index in [2.05, 4.69) is 27.8 Å². The zero-order chi connectivity index (χ0) is 41.9. The van der Waals surface area contributed by atoms with Crippen molar-refractivity contribution in [1.82, 2.24) is 36.0 Å². The second-order valence-corrected chi connectivity index (χ2v) is 15.9. The van der Waals surface area contributed by atoms with Crippen LogP contribution in [0.1, 0.15) is 108 Å². The molecule has 0 aromatic heterocycles. The monoisotopic (exact) mass is 764 g/mol. The van der Waals surface area contributed by atoms with Crippen molar-refractivity contribution in [2.45, 2.75) is 144 Å². The van der Waals surface area contributed by atoms with E-state index in [1.807, 2.05) is 55.4 Å². The molecule has 0 aliphatic carbocycles. The van der Waals surface area contributed by atoms with Crippen molar-refractivity contribution in [3.05, 3.63) is 12.7 Å². The number of unbranched alkanes of at least 4 members (excludes halogenated alkanes) is 1. The molecule has 0 saturated carbocycles. The summed E-state index contributed by atoms with van der Waals surface area (Å²) < 4.78 is 0. The molecule has 54 heavy (non-hydrogen) atoms. The molecule has 310 valence electrons. The number of allylic oxidation sites excluding steroid dienone is 1. The summed E-state index contributed by atoms with van der Waals surface area (Å²) in [5, 5.41) is 11.1. The fraction of sp³-hybridized carbons (Fsp3) is 0.775. The summed E-state index contributed by atoms with van der Waals surface area (Å²) in [6.07, 6.45) is 5.28. The minimum atomic E-state index is -1.06. The van der Waals surface area contributed by atoms with Crippen LogP contribution in [-0.2, 0) is 33.6 Å². The molecule has 0 aromatic carbocycles. The fourth-order valence-corrected chi connectivity index (χ4v) is 5.74. The number of likely N-dealkylation sites (N-methyl/N-ethyl adjacent to an activating group) is 2. The number of nitrogens with one attached hydrogen (secondary N) is 4. The number of rotatable bonds is 26. The predicted molar refractivity (Wildman–Crippen MR) is 213 cm³/mol. The Bertz CT molecular complexity index is 1240. The summed E-state index contributed by atoms with van der Waals surface area (Å²) in [6, 6.07) is -5.02. The minimum Gasteiger partial charge on any atom is -0.345 e. The Balaban J connectivity index is 6.15. The smallest absolute Gasteiger partial charge is 0.245 e. The van der Waals surface area contributed by atoms with Gasteiger partial charge in [-0.1, -0.05) is 74.3 Å². The molecular weight excluding hydrogens is 690 g/mol. The van der Waals surface area contributed by atoms with E-state index in [0.717, 1.165) is 6.42 Å². The molecule has 0 radical (unpaired) electrons. The molecule has 6 amide bonds. The van der Waals surface area contributed by atoms with E-state index in [1.165, 1.54) is 16.7 Å². The predicted octanol–water partition coefficient (Wildman–Crippen LogP) is 2.90. The highest BCUT2D eigenvalue weighted by molar-refractivity contribution is 5.96. The Hall–Kier alpha value is -3.81. The van der Waals surface area contributed by atoms with Crippen LogP contribution in [0.15, 0.2) is 12.7 Å². The molecule has 0 rings (SSSR count). The van der Waals surface area contributed by atoms with E-state index in [9.17, 15) is 33.6 Å². The van der Waals surface area contributed by atoms with Crippen LogP contribution in [0.5, 0.6) is 0 Å². The van der Waals surface area contributed by atoms with Crippen LogP contribution in [-0.4, -0.2) is 127 Å². The van der Waals surface area contributed by atoms with Crippen LogP contribution in [0, 0.1) is 23.7 Å². The topological polar surface area (TPSA) is 177 Å². The summed E-state index contributed by atoms with van der Waals surface area (Å²) in [5.74, 6) is -2.96. The molecule has 4 N–H and O–H groups in total. The minimum absolute atomic E-state index is 0.0489. The van der Waals surface area contributed by atoms with E-state index in [-0.39, 0.29) is 49.1 Å². The molecule has 0 spiro atoms. The van der Waals surface area contributed by atoms with Gasteiger partial charge in [0.15, 0.2) is 0 Å². The number of carbonyl (C=O) groups is 7. The van der Waals surface area contributed by atoms with Gasteiger partial charge in [0.05, 0.1) is 18.6 Å². The highest BCUT2D eigenvalue weighted by Gasteiger charge is 2.35. The van der Waals surface area contributed by atoms with E-state index in [0.29, 0.717) is 32.0 Å². The SMILES string of the molecule is C=CC(C)CC(NC(=O)C(CC(C)C)N(C)C(=O)C(C)N(C)C)C(=O)NC(C)C(=O)N(CCCC)CC(=O)NC(CC(C)C)C(=O)NC(C=O)C(C)CC. The van der Waals surface area contributed by atoms with Gasteiger partial charge >= 0.3 is 0 Å². The van der Waals surface area contributed by atoms with Crippen molar-refractivity contribution in [3.8, 4) is 0 Å². The van der Waals surface area contributed by atoms with Gasteiger partial charge in [-0.15, -0.1) is 6.58 Å². The molecule has 0 aliphatic rings. The molecule has 0 aliphatic heterocycles. The van der Waals surface area contributed by atoms with Crippen molar-refractivity contribution in [1.29, 1.82) is 0 Å². The number of carbonyl (C=O) groups excluding carboxylic acids is 7. The quantitative estimate of drug-likeness (QED) is 0.0768. The van der Waals surface area contributed by atoms with Gasteiger partial charge in [-0.3, -0.25) is 33.7 Å². The lowest BCUT2D eigenvalue weighted by Crippen LogP contribution is -2.58. The lowest BCUT2D eigenvalue weighted by Gasteiger charge is -2.33. The maximum Gasteiger partial charge on any atom is 0.245 e. The number of aldehydes is 1. The molecule has 0 bridgehead atoms. The Labute approximate surface area is 325 Å². The number of hydrogen-bond donors (Lipinski definition) is 4. The van der Waals surface area contributed by atoms with Crippen molar-refractivity contribution >= 4 is 41.7 Å². The largest absolute Gasteiger partial charge is 0.345 e. The normalized spacial score (nSPS) is 15.9. The first kappa shape index (κ1) is 50.2. The zero-order valence-electron chi connectivity index (χ0n) is 35.5. The van der Waals surface area contributed by atoms with Gasteiger partial charge in [0, 0.05) is 13.6 Å². The highest BCUT2D eigenvalue weighted by atomic mass is 16.2. The Morgan fingerprint density at radius 1 is 0.704 bits per heavy atom. The lowest BCUT2D eigenvalue weighted by atomic mass is 9.98. The molecular formula is C40H73N7O7. The summed E-state index contributed by atoms with van der Waals surface area (Å²) in [6.45, 7) is 22.3. The van der Waals surface area contributed by atoms with Crippen LogP contribution in [0.3, 0.4) is 0 Å². The number of hydrogen-bond acceptors (Lipinski definition) is 8. The second kappa shape index (κ2) is 25.3. The molecule has 0 aromatic rings. The maximum absolute atomic E-state index is 13.8. The summed E-state index contributed by atoms with van der Waals surface area (Å²) in [4.78, 5) is 97.4. The van der Waals surface area contributed by atoms with E-state index in [1.54, 1.807) is 39.0 Å². The van der Waals surface area contributed by atoms with E-state index >= 15 is 0 Å². The van der Waals surface area contributed by atoms with Crippen molar-refractivity contribution in [2.24, 2.45) is 23.7 Å². The van der Waals surface area contributed by atoms with Crippen LogP contribution in [0.2, 0.25) is 0 Å². The average molecular weight is 764 g/mol. The maximum atomic E-state index is 13.8. The van der Waals surface area contributed by atoms with Gasteiger partial charge in [-0.05, 0) is 77.3 Å². The molecule has 14 heteroatoms. The third-order valence-corrected chi connectivity index (χ3v) is 9.82. The van der Waals surface area contributed by atoms with Crippen LogP contribution < -0.4 is 21.3 Å². The molecule has 0 fully saturated rings. The highest BCUT2D eigenvalue weighted by Crippen LogP contribution is 2.16. The lowest BCUT2D eigenvalue weighted by molar-refractivity contribution is -0.143. The van der Waals surface area contributed by atoms with E-state index in [4.69, 9.17) is 0 Å². The second-order valence-electron chi connectivity index (χ2n) is 15.9. The third-order valence-electron chi connectivity index (χ3n) is 9.82. The molecule has 8 atom stereocenters. The van der Waals surface area contributed by atoms with Gasteiger partial charge in [0.25, 0.3) is 0 Å². The van der Waals surface area contributed by atoms with Crippen LogP contribution >= 0.6 is 0 Å². The summed E-state index contributed by atoms with van der Waals surface area (Å²) in [7, 11) is 5.16. The molecule has 0 heterocycles. The first-order chi connectivity index (χ1) is 25.1. The third kappa shape index (κ3) is 17.6. The van der Waals surface area contributed by atoms with Gasteiger partial charge in [-0.2, -0.15) is 0 Å². The van der Waals surface area contributed by atoms with Crippen molar-refractivity contribution < 1.29 is 33.6 Å². The summed E-state index contributed by atoms with van der Waals surface area (Å²) >= 11 is 0. The van der Waals surface area contributed by atoms with E-state index < -0.39 is 65.8 Å².